The van der Waals surface area contributed by atoms with E-state index in [4.69, 9.17) is 5.73 Å². The van der Waals surface area contributed by atoms with Gasteiger partial charge in [0, 0.05) is 0 Å². The zero-order valence-corrected chi connectivity index (χ0v) is 8.04. The molecule has 0 spiro atoms. The summed E-state index contributed by atoms with van der Waals surface area (Å²) < 4.78 is 13.2. The maximum absolute atomic E-state index is 13.2. The van der Waals surface area contributed by atoms with Crippen LogP contribution in [-0.2, 0) is 0 Å². The smallest absolute Gasteiger partial charge is 0.281 e. The van der Waals surface area contributed by atoms with Crippen molar-refractivity contribution in [1.29, 1.82) is 0 Å². The average Bonchev–Trinajstić information content (AvgIpc) is 2.01. The van der Waals surface area contributed by atoms with Crippen LogP contribution >= 0.6 is 0 Å². The number of carbonyl (C=O) groups is 1. The molecular weight excluding hydrogens is 183 g/mol. The van der Waals surface area contributed by atoms with Gasteiger partial charge in [0.2, 0.25) is 0 Å². The second kappa shape index (κ2) is 4.00. The molecule has 2 N–H and O–H groups in total. The van der Waals surface area contributed by atoms with Gasteiger partial charge in [0.05, 0.1) is 5.56 Å². The molecule has 0 radical (unpaired) electrons. The minimum Gasteiger partial charge on any atom is -0.387 e. The zero-order chi connectivity index (χ0) is 10.7. The molecule has 14 heavy (non-hydrogen) atoms. The van der Waals surface area contributed by atoms with E-state index < -0.39 is 11.7 Å². The third-order valence-electron chi connectivity index (χ3n) is 1.63. The summed E-state index contributed by atoms with van der Waals surface area (Å²) >= 11 is 0. The molecule has 0 atom stereocenters. The first kappa shape index (κ1) is 10.4. The first-order valence-corrected chi connectivity index (χ1v) is 4.12. The molecule has 0 aliphatic heterocycles. The summed E-state index contributed by atoms with van der Waals surface area (Å²) in [6, 6.07) is 4.34. The molecule has 74 valence electrons. The van der Waals surface area contributed by atoms with Crippen molar-refractivity contribution in [1.82, 2.24) is 0 Å². The highest BCUT2D eigenvalue weighted by molar-refractivity contribution is 6.02. The minimum atomic E-state index is -0.650. The van der Waals surface area contributed by atoms with Crippen LogP contribution in [0.15, 0.2) is 23.2 Å². The number of amides is 1. The van der Waals surface area contributed by atoms with Gasteiger partial charge >= 0.3 is 0 Å². The van der Waals surface area contributed by atoms with Gasteiger partial charge in [-0.05, 0) is 31.5 Å². The Bertz CT molecular complexity index is 395. The lowest BCUT2D eigenvalue weighted by Gasteiger charge is -1.99. The number of hydrogen-bond acceptors (Lipinski definition) is 1. The van der Waals surface area contributed by atoms with Crippen LogP contribution in [0.25, 0.3) is 0 Å². The molecule has 4 heteroatoms. The van der Waals surface area contributed by atoms with Crippen LogP contribution in [0.3, 0.4) is 0 Å². The number of hydrogen-bond donors (Lipinski definition) is 1. The molecule has 3 nitrogen and oxygen atoms in total. The highest BCUT2D eigenvalue weighted by Gasteiger charge is 2.10. The highest BCUT2D eigenvalue weighted by atomic mass is 19.1. The standard InChI is InChI=1S/C10H11FN2O/c1-6-3-4-8(9(11)5-6)10(14)13-7(2)12/h3-5H,1-2H3,(H2,12,13,14). The summed E-state index contributed by atoms with van der Waals surface area (Å²) in [6.07, 6.45) is 0. The molecule has 0 bridgehead atoms. The van der Waals surface area contributed by atoms with Crippen LogP contribution < -0.4 is 5.73 Å². The van der Waals surface area contributed by atoms with E-state index >= 15 is 0 Å². The molecule has 0 aliphatic rings. The number of nitrogens with zero attached hydrogens (tertiary/aromatic N) is 1. The Balaban J connectivity index is 3.08. The van der Waals surface area contributed by atoms with Crippen LogP contribution in [0.2, 0.25) is 0 Å². The van der Waals surface area contributed by atoms with Crippen molar-refractivity contribution in [2.75, 3.05) is 0 Å². The summed E-state index contributed by atoms with van der Waals surface area (Å²) in [5, 5.41) is 0. The van der Waals surface area contributed by atoms with Gasteiger partial charge in [0.1, 0.15) is 11.7 Å². The van der Waals surface area contributed by atoms with Crippen molar-refractivity contribution >= 4 is 11.7 Å². The topological polar surface area (TPSA) is 55.4 Å². The van der Waals surface area contributed by atoms with Gasteiger partial charge in [0.15, 0.2) is 0 Å². The van der Waals surface area contributed by atoms with Crippen molar-refractivity contribution in [3.05, 3.63) is 35.1 Å². The lowest BCUT2D eigenvalue weighted by molar-refractivity contribution is 0.0999. The Morgan fingerprint density at radius 3 is 2.64 bits per heavy atom. The van der Waals surface area contributed by atoms with Gasteiger partial charge in [-0.15, -0.1) is 0 Å². The summed E-state index contributed by atoms with van der Waals surface area (Å²) in [6.45, 7) is 3.22. The fourth-order valence-electron chi connectivity index (χ4n) is 1.01. The fraction of sp³-hybridized carbons (Fsp3) is 0.200. The SMILES string of the molecule is CC(N)=NC(=O)c1ccc(C)cc1F. The molecule has 0 heterocycles. The number of aliphatic imine (C=N–C) groups is 1. The van der Waals surface area contributed by atoms with Crippen molar-refractivity contribution in [2.45, 2.75) is 13.8 Å². The van der Waals surface area contributed by atoms with Crippen molar-refractivity contribution in [3.63, 3.8) is 0 Å². The lowest BCUT2D eigenvalue weighted by Crippen LogP contribution is -2.10. The molecule has 1 aromatic rings. The Morgan fingerprint density at radius 1 is 1.50 bits per heavy atom. The summed E-state index contributed by atoms with van der Waals surface area (Å²) in [5.74, 6) is -1.10. The molecule has 0 aliphatic carbocycles. The van der Waals surface area contributed by atoms with E-state index in [1.807, 2.05) is 0 Å². The van der Waals surface area contributed by atoms with E-state index in [0.717, 1.165) is 5.56 Å². The Kier molecular flexibility index (Phi) is 2.96. The number of amidine groups is 1. The van der Waals surface area contributed by atoms with Gasteiger partial charge in [0.25, 0.3) is 5.91 Å². The minimum absolute atomic E-state index is 0.0552. The van der Waals surface area contributed by atoms with Crippen molar-refractivity contribution < 1.29 is 9.18 Å². The van der Waals surface area contributed by atoms with Gasteiger partial charge in [-0.3, -0.25) is 4.79 Å². The Hall–Kier alpha value is -1.71. The van der Waals surface area contributed by atoms with Crippen molar-refractivity contribution in [2.24, 2.45) is 10.7 Å². The predicted octanol–water partition coefficient (Wildman–Crippen LogP) is 1.65. The van der Waals surface area contributed by atoms with Crippen LogP contribution in [0.1, 0.15) is 22.8 Å². The van der Waals surface area contributed by atoms with E-state index in [2.05, 4.69) is 4.99 Å². The summed E-state index contributed by atoms with van der Waals surface area (Å²) in [7, 11) is 0. The maximum atomic E-state index is 13.2. The lowest BCUT2D eigenvalue weighted by atomic mass is 10.1. The van der Waals surface area contributed by atoms with Gasteiger partial charge in [-0.1, -0.05) is 6.07 Å². The van der Waals surface area contributed by atoms with Gasteiger partial charge in [-0.25, -0.2) is 4.39 Å². The number of benzene rings is 1. The number of carbonyl (C=O) groups excluding carboxylic acids is 1. The molecule has 1 rings (SSSR count). The van der Waals surface area contributed by atoms with Gasteiger partial charge in [-0.2, -0.15) is 4.99 Å². The molecule has 0 unspecified atom stereocenters. The quantitative estimate of drug-likeness (QED) is 0.546. The molecule has 0 saturated carbocycles. The normalized spacial score (nSPS) is 11.5. The van der Waals surface area contributed by atoms with Gasteiger partial charge < -0.3 is 5.73 Å². The first-order chi connectivity index (χ1) is 6.50. The third-order valence-corrected chi connectivity index (χ3v) is 1.63. The van der Waals surface area contributed by atoms with Crippen LogP contribution in [-0.4, -0.2) is 11.7 Å². The van der Waals surface area contributed by atoms with Crippen molar-refractivity contribution in [3.8, 4) is 0 Å². The largest absolute Gasteiger partial charge is 0.387 e. The Labute approximate surface area is 81.5 Å². The maximum Gasteiger partial charge on any atom is 0.281 e. The van der Waals surface area contributed by atoms with Crippen LogP contribution in [0, 0.1) is 12.7 Å². The second-order valence-corrected chi connectivity index (χ2v) is 3.04. The van der Waals surface area contributed by atoms with Crippen LogP contribution in [0.4, 0.5) is 4.39 Å². The molecule has 0 saturated heterocycles. The average molecular weight is 194 g/mol. The molecule has 1 aromatic carbocycles. The monoisotopic (exact) mass is 194 g/mol. The number of rotatable bonds is 1. The Morgan fingerprint density at radius 2 is 2.14 bits per heavy atom. The second-order valence-electron chi connectivity index (χ2n) is 3.04. The molecule has 1 amide bonds. The highest BCUT2D eigenvalue weighted by Crippen LogP contribution is 2.10. The van der Waals surface area contributed by atoms with Crippen LogP contribution in [0.5, 0.6) is 0 Å². The van der Waals surface area contributed by atoms with E-state index in [1.54, 1.807) is 13.0 Å². The molecule has 0 aromatic heterocycles. The van der Waals surface area contributed by atoms with E-state index in [0.29, 0.717) is 0 Å². The third kappa shape index (κ3) is 2.39. The number of nitrogens with two attached hydrogens (primary N) is 1. The molecule has 0 fully saturated rings. The number of halogens is 1. The first-order valence-electron chi connectivity index (χ1n) is 4.12. The summed E-state index contributed by atoms with van der Waals surface area (Å²) in [5.41, 5.74) is 5.92. The fourth-order valence-corrected chi connectivity index (χ4v) is 1.01. The van der Waals surface area contributed by atoms with E-state index in [1.165, 1.54) is 19.1 Å². The number of aryl methyl sites for hydroxylation is 1. The molecular formula is C10H11FN2O. The van der Waals surface area contributed by atoms with E-state index in [9.17, 15) is 9.18 Å². The van der Waals surface area contributed by atoms with E-state index in [-0.39, 0.29) is 11.4 Å². The zero-order valence-electron chi connectivity index (χ0n) is 8.04. The summed E-state index contributed by atoms with van der Waals surface area (Å²) in [4.78, 5) is 14.7. The predicted molar refractivity (Wildman–Crippen MR) is 52.8 cm³/mol.